The van der Waals surface area contributed by atoms with E-state index in [1.54, 1.807) is 13.0 Å². The fourth-order valence-electron chi connectivity index (χ4n) is 0.719. The summed E-state index contributed by atoms with van der Waals surface area (Å²) in [5, 5.41) is 9.08. The molecule has 0 spiro atoms. The monoisotopic (exact) mass is 173 g/mol. The Labute approximate surface area is 69.5 Å². The molecule has 0 fully saturated rings. The van der Waals surface area contributed by atoms with Crippen LogP contribution in [-0.2, 0) is 0 Å². The predicted octanol–water partition coefficient (Wildman–Crippen LogP) is 1.97. The molecule has 0 bridgehead atoms. The van der Waals surface area contributed by atoms with Crippen molar-refractivity contribution < 1.29 is 9.90 Å². The summed E-state index contributed by atoms with van der Waals surface area (Å²) >= 11 is 1.10. The second-order valence-electron chi connectivity index (χ2n) is 1.97. The summed E-state index contributed by atoms with van der Waals surface area (Å²) in [6, 6.07) is 1.66. The van der Waals surface area contributed by atoms with Crippen LogP contribution in [0.1, 0.15) is 22.7 Å². The lowest BCUT2D eigenvalue weighted by Crippen LogP contribution is -1.93. The largest absolute Gasteiger partial charge is 0.477 e. The Morgan fingerprint density at radius 2 is 2.27 bits per heavy atom. The van der Waals surface area contributed by atoms with Gasteiger partial charge in [0.2, 0.25) is 0 Å². The van der Waals surface area contributed by atoms with Crippen LogP contribution in [0.25, 0.3) is 0 Å². The normalized spacial score (nSPS) is 8.82. The molecule has 0 radical (unpaired) electrons. The highest BCUT2D eigenvalue weighted by Gasteiger charge is 2.09. The molecule has 1 rings (SSSR count). The minimum absolute atomic E-state index is 0. The zero-order valence-corrected chi connectivity index (χ0v) is 6.23. The molecule has 0 aliphatic rings. The molecule has 0 saturated heterocycles. The fourth-order valence-corrected chi connectivity index (χ4v) is 1.50. The van der Waals surface area contributed by atoms with E-state index < -0.39 is 5.97 Å². The number of nitrogens with two attached hydrogens (primary N) is 1. The Balaban J connectivity index is 0.000001000. The van der Waals surface area contributed by atoms with Crippen LogP contribution >= 0.6 is 11.3 Å². The molecule has 0 aliphatic carbocycles. The minimum atomic E-state index is -0.904. The van der Waals surface area contributed by atoms with Crippen molar-refractivity contribution in [2.45, 2.75) is 14.4 Å². The second kappa shape index (κ2) is 3.39. The lowest BCUT2D eigenvalue weighted by atomic mass is 10.3. The highest BCUT2D eigenvalue weighted by Crippen LogP contribution is 2.23. The van der Waals surface area contributed by atoms with Crippen LogP contribution in [0.2, 0.25) is 0 Å². The van der Waals surface area contributed by atoms with Gasteiger partial charge in [-0.15, -0.1) is 11.3 Å². The highest BCUT2D eigenvalue weighted by atomic mass is 32.1. The highest BCUT2D eigenvalue weighted by molar-refractivity contribution is 7.17. The Hall–Kier alpha value is -1.03. The number of aryl methyl sites for hydroxylation is 1. The summed E-state index contributed by atoms with van der Waals surface area (Å²) in [4.78, 5) is 10.7. The molecule has 0 saturated carbocycles. The zero-order valence-electron chi connectivity index (χ0n) is 5.42. The third kappa shape index (κ3) is 1.94. The first-order valence-corrected chi connectivity index (χ1v) is 3.52. The molecule has 11 heavy (non-hydrogen) atoms. The van der Waals surface area contributed by atoms with Crippen molar-refractivity contribution in [3.63, 3.8) is 0 Å². The zero-order chi connectivity index (χ0) is 7.72. The Kier molecular flexibility index (Phi) is 3.07. The molecule has 1 aromatic rings. The summed E-state index contributed by atoms with van der Waals surface area (Å²) < 4.78 is 0. The molecule has 4 heteroatoms. The number of carboxylic acid groups (broad SMARTS) is 1. The van der Waals surface area contributed by atoms with E-state index in [1.165, 1.54) is 0 Å². The lowest BCUT2D eigenvalue weighted by molar-refractivity contribution is 0.0701. The number of hydrogen-bond acceptors (Lipinski definition) is 3. The van der Waals surface area contributed by atoms with Crippen LogP contribution in [0, 0.1) is 6.92 Å². The number of carbonyl (C=O) groups is 1. The molecule has 0 unspecified atom stereocenters. The lowest BCUT2D eigenvalue weighted by Gasteiger charge is -1.86. The number of carboxylic acids is 1. The summed E-state index contributed by atoms with van der Waals surface area (Å²) in [5.41, 5.74) is 6.10. The van der Waals surface area contributed by atoms with E-state index in [2.05, 4.69) is 0 Å². The average molecular weight is 173 g/mol. The first kappa shape index (κ1) is 9.97. The van der Waals surface area contributed by atoms with E-state index in [4.69, 9.17) is 10.8 Å². The number of nitrogen functional groups attached to an aromatic ring is 1. The predicted molar refractivity (Wildman–Crippen MR) is 47.2 cm³/mol. The van der Waals surface area contributed by atoms with Crippen LogP contribution < -0.4 is 5.73 Å². The molecule has 0 aliphatic heterocycles. The summed E-state index contributed by atoms with van der Waals surface area (Å²) in [6.45, 7) is 1.73. The van der Waals surface area contributed by atoms with Gasteiger partial charge in [-0.2, -0.15) is 0 Å². The maximum Gasteiger partial charge on any atom is 0.346 e. The van der Waals surface area contributed by atoms with Crippen molar-refractivity contribution in [1.29, 1.82) is 0 Å². The SMILES string of the molecule is C.Cc1cc(N)sc1C(=O)O. The van der Waals surface area contributed by atoms with Crippen LogP contribution in [0.3, 0.4) is 0 Å². The maximum atomic E-state index is 10.4. The molecular weight excluding hydrogens is 162 g/mol. The van der Waals surface area contributed by atoms with E-state index in [1.807, 2.05) is 0 Å². The molecule has 1 heterocycles. The van der Waals surface area contributed by atoms with E-state index in [9.17, 15) is 4.79 Å². The van der Waals surface area contributed by atoms with Crippen LogP contribution in [-0.4, -0.2) is 11.1 Å². The van der Waals surface area contributed by atoms with Gasteiger partial charge >= 0.3 is 5.97 Å². The number of rotatable bonds is 1. The topological polar surface area (TPSA) is 63.3 Å². The van der Waals surface area contributed by atoms with Crippen molar-refractivity contribution >= 4 is 22.3 Å². The van der Waals surface area contributed by atoms with E-state index in [0.29, 0.717) is 9.88 Å². The van der Waals surface area contributed by atoms with Gasteiger partial charge in [-0.1, -0.05) is 7.43 Å². The quantitative estimate of drug-likeness (QED) is 0.682. The van der Waals surface area contributed by atoms with Crippen LogP contribution in [0.15, 0.2) is 6.07 Å². The van der Waals surface area contributed by atoms with E-state index in [0.717, 1.165) is 16.9 Å². The molecule has 1 aromatic heterocycles. The average Bonchev–Trinajstić information content (AvgIpc) is 2.10. The number of thiophene rings is 1. The molecular formula is C7H11NO2S. The summed E-state index contributed by atoms with van der Waals surface area (Å²) in [6.07, 6.45) is 0. The smallest absolute Gasteiger partial charge is 0.346 e. The number of anilines is 1. The molecule has 0 aromatic carbocycles. The number of aromatic carboxylic acids is 1. The second-order valence-corrected chi connectivity index (χ2v) is 3.05. The fraction of sp³-hybridized carbons (Fsp3) is 0.286. The van der Waals surface area contributed by atoms with E-state index in [-0.39, 0.29) is 7.43 Å². The van der Waals surface area contributed by atoms with Gasteiger partial charge in [0.1, 0.15) is 4.88 Å². The standard InChI is InChI=1S/C6H7NO2S.CH4/c1-3-2-4(7)10-5(3)6(8)9;/h2H,7H2,1H3,(H,8,9);1H4. The first-order valence-electron chi connectivity index (χ1n) is 2.70. The van der Waals surface area contributed by atoms with Crippen LogP contribution in [0.4, 0.5) is 5.00 Å². The van der Waals surface area contributed by atoms with Crippen molar-refractivity contribution in [1.82, 2.24) is 0 Å². The van der Waals surface area contributed by atoms with Gasteiger partial charge < -0.3 is 10.8 Å². The van der Waals surface area contributed by atoms with Gasteiger partial charge in [0, 0.05) is 0 Å². The van der Waals surface area contributed by atoms with Crippen molar-refractivity contribution in [2.75, 3.05) is 5.73 Å². The van der Waals surface area contributed by atoms with Crippen molar-refractivity contribution in [3.8, 4) is 0 Å². The van der Waals surface area contributed by atoms with Gasteiger partial charge in [0.25, 0.3) is 0 Å². The van der Waals surface area contributed by atoms with Crippen LogP contribution in [0.5, 0.6) is 0 Å². The molecule has 62 valence electrons. The molecule has 0 atom stereocenters. The third-order valence-corrected chi connectivity index (χ3v) is 2.19. The summed E-state index contributed by atoms with van der Waals surface area (Å²) in [5.74, 6) is -0.904. The Morgan fingerprint density at radius 1 is 1.73 bits per heavy atom. The van der Waals surface area contributed by atoms with Gasteiger partial charge in [-0.25, -0.2) is 4.79 Å². The van der Waals surface area contributed by atoms with Gasteiger partial charge in [0.05, 0.1) is 5.00 Å². The first-order chi connectivity index (χ1) is 4.61. The Morgan fingerprint density at radius 3 is 2.45 bits per heavy atom. The Bertz CT molecular complexity index is 267. The minimum Gasteiger partial charge on any atom is -0.477 e. The van der Waals surface area contributed by atoms with E-state index >= 15 is 0 Å². The van der Waals surface area contributed by atoms with Crippen molar-refractivity contribution in [2.24, 2.45) is 0 Å². The molecule has 3 N–H and O–H groups in total. The molecule has 0 amide bonds. The summed E-state index contributed by atoms with van der Waals surface area (Å²) in [7, 11) is 0. The van der Waals surface area contributed by atoms with Crippen molar-refractivity contribution in [3.05, 3.63) is 16.5 Å². The number of hydrogen-bond donors (Lipinski definition) is 2. The molecule has 3 nitrogen and oxygen atoms in total. The third-order valence-electron chi connectivity index (χ3n) is 1.13. The van der Waals surface area contributed by atoms with Gasteiger partial charge in [-0.05, 0) is 18.6 Å². The maximum absolute atomic E-state index is 10.4. The van der Waals surface area contributed by atoms with Gasteiger partial charge in [-0.3, -0.25) is 0 Å². The van der Waals surface area contributed by atoms with Gasteiger partial charge in [0.15, 0.2) is 0 Å².